The van der Waals surface area contributed by atoms with Gasteiger partial charge < -0.3 is 4.90 Å². The minimum atomic E-state index is 0.0618. The van der Waals surface area contributed by atoms with E-state index < -0.39 is 0 Å². The molecule has 1 nitrogen and oxygen atoms in total. The largest absolute Gasteiger partial charge is 0.310 e. The molecule has 0 radical (unpaired) electrons. The highest BCUT2D eigenvalue weighted by atomic mass is 15.1. The molecule has 5 saturated carbocycles. The standard InChI is InChI=1S/C69H63N/c1-3-52-37-45-14-13-17-53(38-45)68(52)62-21-10-7-19-58(62)60-34-30-51(40-64(60)68)49-26-24-47(25-27-49)48-28-31-55(32-29-48)70(66-23-12-9-18-57(66)50-15-5-4-6-16-50)56-33-35-61-59-20-8-11-22-63(59)69(65(61)41-56)44(2)36-46-39-54-43-67(54,69)42-46/h4-12,15-16,18-35,40-41,44-46,52-54H,3,13-14,17,36-39,42-43H2,1-2H3. The zero-order valence-corrected chi connectivity index (χ0v) is 40.9. The van der Waals surface area contributed by atoms with Crippen molar-refractivity contribution in [3.05, 3.63) is 210 Å². The van der Waals surface area contributed by atoms with Crippen LogP contribution in [0.15, 0.2) is 188 Å². The fourth-order valence-electron chi connectivity index (χ4n) is 17.8. The van der Waals surface area contributed by atoms with Gasteiger partial charge in [-0.25, -0.2) is 0 Å². The molecule has 70 heavy (non-hydrogen) atoms. The summed E-state index contributed by atoms with van der Waals surface area (Å²) in [5, 5.41) is 0. The minimum Gasteiger partial charge on any atom is -0.310 e. The van der Waals surface area contributed by atoms with E-state index >= 15 is 0 Å². The van der Waals surface area contributed by atoms with E-state index in [2.05, 4.69) is 207 Å². The SMILES string of the molecule is CCC1CC2CCCC(C2)C12c1ccccc1-c1ccc(-c3ccc(-c4ccc(N(c5ccc6c(c5)C5(c7ccccc7-6)C(C)CC6CC7CC75C6)c5ccccc5-c5ccccc5)cc4)cc3)cc12. The second-order valence-corrected chi connectivity index (χ2v) is 23.2. The highest BCUT2D eigenvalue weighted by Gasteiger charge is 2.76. The van der Waals surface area contributed by atoms with Gasteiger partial charge in [0.05, 0.1) is 5.69 Å². The number of rotatable bonds is 7. The summed E-state index contributed by atoms with van der Waals surface area (Å²) in [7, 11) is 0. The summed E-state index contributed by atoms with van der Waals surface area (Å²) in [4.78, 5) is 2.56. The number of hydrogen-bond acceptors (Lipinski definition) is 1. The Kier molecular flexibility index (Phi) is 9.03. The molecule has 0 heterocycles. The smallest absolute Gasteiger partial charge is 0.0540 e. The second-order valence-electron chi connectivity index (χ2n) is 23.2. The first-order valence-corrected chi connectivity index (χ1v) is 27.1. The molecule has 9 unspecified atom stereocenters. The van der Waals surface area contributed by atoms with Crippen molar-refractivity contribution in [1.29, 1.82) is 0 Å². The maximum Gasteiger partial charge on any atom is 0.0540 e. The number of fused-ring (bicyclic) bond motifs is 14. The van der Waals surface area contributed by atoms with Crippen molar-refractivity contribution < 1.29 is 0 Å². The van der Waals surface area contributed by atoms with Crippen LogP contribution >= 0.6 is 0 Å². The molecule has 7 aliphatic rings. The molecular weight excluding hydrogens is 843 g/mol. The molecule has 1 heteroatoms. The Morgan fingerprint density at radius 2 is 1.04 bits per heavy atom. The summed E-state index contributed by atoms with van der Waals surface area (Å²) in [6, 6.07) is 72.9. The van der Waals surface area contributed by atoms with Crippen LogP contribution in [-0.2, 0) is 10.8 Å². The third-order valence-electron chi connectivity index (χ3n) is 20.3. The Morgan fingerprint density at radius 3 is 1.83 bits per heavy atom. The van der Waals surface area contributed by atoms with E-state index in [1.54, 1.807) is 22.3 Å². The summed E-state index contributed by atoms with van der Waals surface area (Å²) in [5.74, 6) is 4.68. The zero-order valence-electron chi connectivity index (χ0n) is 40.9. The van der Waals surface area contributed by atoms with Gasteiger partial charge in [-0.1, -0.05) is 185 Å². The fourth-order valence-corrected chi connectivity index (χ4v) is 17.8. The Balaban J connectivity index is 0.809. The van der Waals surface area contributed by atoms with Gasteiger partial charge in [-0.3, -0.25) is 0 Å². The van der Waals surface area contributed by atoms with Crippen molar-refractivity contribution in [2.45, 2.75) is 88.9 Å². The lowest BCUT2D eigenvalue weighted by atomic mass is 9.50. The van der Waals surface area contributed by atoms with Crippen LogP contribution < -0.4 is 4.90 Å². The molecule has 4 bridgehead atoms. The molecule has 344 valence electrons. The average molecular weight is 906 g/mol. The molecule has 9 atom stereocenters. The number of para-hydroxylation sites is 1. The number of benzene rings is 8. The summed E-state index contributed by atoms with van der Waals surface area (Å²) in [6.45, 7) is 5.07. The van der Waals surface area contributed by atoms with Crippen molar-refractivity contribution in [3.63, 3.8) is 0 Å². The predicted molar refractivity (Wildman–Crippen MR) is 291 cm³/mol. The van der Waals surface area contributed by atoms with Gasteiger partial charge in [0.25, 0.3) is 0 Å². The van der Waals surface area contributed by atoms with Crippen LogP contribution in [0.2, 0.25) is 0 Å². The first-order chi connectivity index (χ1) is 34.5. The first-order valence-electron chi connectivity index (χ1n) is 27.1. The molecular formula is C69H63N. The van der Waals surface area contributed by atoms with Gasteiger partial charge in [0.1, 0.15) is 0 Å². The lowest BCUT2D eigenvalue weighted by Crippen LogP contribution is -2.48. The van der Waals surface area contributed by atoms with Gasteiger partial charge in [-0.15, -0.1) is 0 Å². The van der Waals surface area contributed by atoms with E-state index in [1.165, 1.54) is 137 Å². The van der Waals surface area contributed by atoms with Gasteiger partial charge in [0.2, 0.25) is 0 Å². The van der Waals surface area contributed by atoms with Crippen LogP contribution in [0.1, 0.15) is 100 Å². The van der Waals surface area contributed by atoms with Gasteiger partial charge in [-0.2, -0.15) is 0 Å². The third kappa shape index (κ3) is 5.56. The molecule has 0 amide bonds. The van der Waals surface area contributed by atoms with E-state index in [9.17, 15) is 0 Å². The Hall–Kier alpha value is -6.44. The molecule has 5 fully saturated rings. The van der Waals surface area contributed by atoms with Crippen LogP contribution in [0.3, 0.4) is 0 Å². The van der Waals surface area contributed by atoms with Crippen LogP contribution in [0.5, 0.6) is 0 Å². The Labute approximate surface area is 415 Å². The van der Waals surface area contributed by atoms with E-state index in [-0.39, 0.29) is 10.8 Å². The first kappa shape index (κ1) is 41.4. The van der Waals surface area contributed by atoms with E-state index in [0.29, 0.717) is 17.3 Å². The van der Waals surface area contributed by atoms with Crippen molar-refractivity contribution >= 4 is 17.1 Å². The van der Waals surface area contributed by atoms with Gasteiger partial charge in [0, 0.05) is 27.8 Å². The minimum absolute atomic E-state index is 0.0618. The molecule has 0 N–H and O–H groups in total. The Morgan fingerprint density at radius 1 is 0.443 bits per heavy atom. The molecule has 0 aliphatic heterocycles. The highest BCUT2D eigenvalue weighted by Crippen LogP contribution is 2.82. The van der Waals surface area contributed by atoms with Crippen molar-refractivity contribution in [2.75, 3.05) is 4.90 Å². The number of anilines is 3. The molecule has 0 saturated heterocycles. The second kappa shape index (κ2) is 15.3. The summed E-state index contributed by atoms with van der Waals surface area (Å²) in [6.07, 6.45) is 13.7. The Bertz CT molecular complexity index is 3360. The predicted octanol–water partition coefficient (Wildman–Crippen LogP) is 18.4. The zero-order chi connectivity index (χ0) is 46.3. The van der Waals surface area contributed by atoms with E-state index in [0.717, 1.165) is 23.7 Å². The van der Waals surface area contributed by atoms with Crippen LogP contribution in [0, 0.1) is 40.9 Å². The molecule has 8 aromatic carbocycles. The summed E-state index contributed by atoms with van der Waals surface area (Å²) < 4.78 is 0. The summed E-state index contributed by atoms with van der Waals surface area (Å²) >= 11 is 0. The maximum absolute atomic E-state index is 2.64. The van der Waals surface area contributed by atoms with Crippen LogP contribution in [0.4, 0.5) is 17.1 Å². The maximum atomic E-state index is 2.64. The molecule has 7 aliphatic carbocycles. The van der Waals surface area contributed by atoms with Crippen LogP contribution in [-0.4, -0.2) is 0 Å². The van der Waals surface area contributed by atoms with Gasteiger partial charge >= 0.3 is 0 Å². The molecule has 3 spiro atoms. The fraction of sp³-hybridized carbons (Fsp3) is 0.304. The lowest BCUT2D eigenvalue weighted by molar-refractivity contribution is 0.0557. The van der Waals surface area contributed by atoms with Crippen molar-refractivity contribution in [1.82, 2.24) is 0 Å². The van der Waals surface area contributed by atoms with E-state index in [1.807, 2.05) is 0 Å². The van der Waals surface area contributed by atoms with Crippen molar-refractivity contribution in [3.8, 4) is 55.6 Å². The average Bonchev–Trinajstić information content (AvgIpc) is 3.73. The van der Waals surface area contributed by atoms with Gasteiger partial charge in [-0.05, 0) is 195 Å². The normalized spacial score (nSPS) is 29.0. The topological polar surface area (TPSA) is 3.24 Å². The monoisotopic (exact) mass is 905 g/mol. The highest BCUT2D eigenvalue weighted by molar-refractivity contribution is 5.92. The molecule has 15 rings (SSSR count). The third-order valence-corrected chi connectivity index (χ3v) is 20.3. The summed E-state index contributed by atoms with van der Waals surface area (Å²) in [5.41, 5.74) is 24.1. The molecule has 0 aromatic heterocycles. The quantitative estimate of drug-likeness (QED) is 0.154. The van der Waals surface area contributed by atoms with Crippen LogP contribution in [0.25, 0.3) is 55.6 Å². The van der Waals surface area contributed by atoms with Gasteiger partial charge in [0.15, 0.2) is 0 Å². The number of hydrogen-bond donors (Lipinski definition) is 0. The van der Waals surface area contributed by atoms with Crippen molar-refractivity contribution in [2.24, 2.45) is 40.9 Å². The lowest BCUT2D eigenvalue weighted by Gasteiger charge is -2.54. The molecule has 8 aromatic rings. The van der Waals surface area contributed by atoms with E-state index in [4.69, 9.17) is 0 Å². The number of nitrogens with zero attached hydrogens (tertiary/aromatic N) is 1.